The van der Waals surface area contributed by atoms with Crippen LogP contribution < -0.4 is 5.32 Å². The Bertz CT molecular complexity index is 1160. The second kappa shape index (κ2) is 9.84. The summed E-state index contributed by atoms with van der Waals surface area (Å²) in [5.41, 5.74) is 2.84. The van der Waals surface area contributed by atoms with Gasteiger partial charge in [0.1, 0.15) is 5.82 Å². The van der Waals surface area contributed by atoms with Crippen LogP contribution in [0.3, 0.4) is 0 Å². The monoisotopic (exact) mass is 463 g/mol. The molecule has 1 aromatic heterocycles. The summed E-state index contributed by atoms with van der Waals surface area (Å²) in [6, 6.07) is 13.8. The fourth-order valence-corrected chi connectivity index (χ4v) is 4.21. The molecule has 3 aromatic rings. The van der Waals surface area contributed by atoms with Gasteiger partial charge in [-0.3, -0.25) is 9.80 Å². The summed E-state index contributed by atoms with van der Waals surface area (Å²) in [6.07, 6.45) is 1.61. The molecule has 0 radical (unpaired) electrons. The Kier molecular flexibility index (Phi) is 6.48. The molecule has 9 heteroatoms. The maximum Gasteiger partial charge on any atom is 0.335 e. The van der Waals surface area contributed by atoms with Gasteiger partial charge in [-0.2, -0.15) is 0 Å². The van der Waals surface area contributed by atoms with Gasteiger partial charge in [0.25, 0.3) is 0 Å². The maximum absolute atomic E-state index is 14.8. The van der Waals surface area contributed by atoms with Gasteiger partial charge < -0.3 is 15.2 Å². The zero-order chi connectivity index (χ0) is 23.5. The quantitative estimate of drug-likeness (QED) is 0.552. The Labute approximate surface area is 197 Å². The van der Waals surface area contributed by atoms with Gasteiger partial charge >= 0.3 is 5.97 Å². The fourth-order valence-electron chi connectivity index (χ4n) is 4.21. The summed E-state index contributed by atoms with van der Waals surface area (Å²) >= 11 is 0. The number of halogens is 1. The van der Waals surface area contributed by atoms with Crippen LogP contribution in [0.4, 0.5) is 16.0 Å². The summed E-state index contributed by atoms with van der Waals surface area (Å²) in [7, 11) is 0. The molecule has 2 saturated heterocycles. The van der Waals surface area contributed by atoms with Crippen molar-refractivity contribution >= 4 is 17.6 Å². The van der Waals surface area contributed by atoms with Crippen LogP contribution >= 0.6 is 0 Å². The number of rotatable bonds is 7. The van der Waals surface area contributed by atoms with Crippen molar-refractivity contribution in [1.82, 2.24) is 19.8 Å². The topological polar surface area (TPSA) is 90.8 Å². The Hall–Kier alpha value is -3.40. The normalized spacial score (nSPS) is 17.3. The number of carboxylic acid groups (broad SMARTS) is 1. The van der Waals surface area contributed by atoms with Crippen molar-refractivity contribution in [3.05, 3.63) is 71.7 Å². The molecule has 2 fully saturated rings. The Balaban J connectivity index is 1.21. The van der Waals surface area contributed by atoms with Crippen LogP contribution in [0.15, 0.2) is 54.7 Å². The minimum Gasteiger partial charge on any atom is -0.478 e. The van der Waals surface area contributed by atoms with E-state index < -0.39 is 5.97 Å². The lowest BCUT2D eigenvalue weighted by molar-refractivity contribution is -0.0774. The minimum absolute atomic E-state index is 0.210. The number of carboxylic acids is 1. The minimum atomic E-state index is -0.979. The largest absolute Gasteiger partial charge is 0.478 e. The van der Waals surface area contributed by atoms with Gasteiger partial charge in [0, 0.05) is 55.7 Å². The third-order valence-corrected chi connectivity index (χ3v) is 6.33. The van der Waals surface area contributed by atoms with E-state index in [1.54, 1.807) is 30.5 Å². The molecule has 8 nitrogen and oxygen atoms in total. The van der Waals surface area contributed by atoms with Crippen molar-refractivity contribution in [3.63, 3.8) is 0 Å². The molecule has 0 spiro atoms. The number of aromatic carboxylic acids is 1. The van der Waals surface area contributed by atoms with E-state index in [0.717, 1.165) is 45.0 Å². The average molecular weight is 464 g/mol. The highest BCUT2D eigenvalue weighted by Gasteiger charge is 2.28. The van der Waals surface area contributed by atoms with Crippen LogP contribution in [0.2, 0.25) is 0 Å². The Morgan fingerprint density at radius 1 is 1.09 bits per heavy atom. The molecule has 176 valence electrons. The van der Waals surface area contributed by atoms with Crippen molar-refractivity contribution < 1.29 is 19.0 Å². The fraction of sp³-hybridized carbons (Fsp3) is 0.320. The van der Waals surface area contributed by atoms with Crippen LogP contribution in [0.25, 0.3) is 11.3 Å². The first kappa shape index (κ1) is 22.4. The SMILES string of the molecule is O=C(O)c1ccc(-c2ccnc(Nc3ccc(CN4CCN(C5COC5)CC4)c(F)c3)n2)cc1. The van der Waals surface area contributed by atoms with E-state index in [0.29, 0.717) is 35.5 Å². The summed E-state index contributed by atoms with van der Waals surface area (Å²) in [4.78, 5) is 24.5. The molecule has 2 aliphatic rings. The number of ether oxygens (including phenoxy) is 1. The molecule has 0 saturated carbocycles. The van der Waals surface area contributed by atoms with Crippen LogP contribution in [0.5, 0.6) is 0 Å². The highest BCUT2D eigenvalue weighted by molar-refractivity contribution is 5.88. The highest BCUT2D eigenvalue weighted by Crippen LogP contribution is 2.23. The van der Waals surface area contributed by atoms with Gasteiger partial charge in [0.15, 0.2) is 0 Å². The van der Waals surface area contributed by atoms with Gasteiger partial charge in [-0.25, -0.2) is 19.2 Å². The zero-order valence-corrected chi connectivity index (χ0v) is 18.7. The first-order valence-electron chi connectivity index (χ1n) is 11.3. The number of nitrogens with zero attached hydrogens (tertiary/aromatic N) is 4. The number of benzene rings is 2. The van der Waals surface area contributed by atoms with Crippen LogP contribution in [0.1, 0.15) is 15.9 Å². The average Bonchev–Trinajstić information content (AvgIpc) is 2.81. The van der Waals surface area contributed by atoms with Gasteiger partial charge in [-0.05, 0) is 30.3 Å². The molecule has 2 aromatic carbocycles. The third-order valence-electron chi connectivity index (χ3n) is 6.33. The van der Waals surface area contributed by atoms with E-state index in [1.807, 2.05) is 6.07 Å². The van der Waals surface area contributed by atoms with Crippen molar-refractivity contribution in [1.29, 1.82) is 0 Å². The molecule has 5 rings (SSSR count). The summed E-state index contributed by atoms with van der Waals surface area (Å²) in [5, 5.41) is 12.1. The lowest BCUT2D eigenvalue weighted by Crippen LogP contribution is -2.56. The van der Waals surface area contributed by atoms with E-state index in [1.165, 1.54) is 18.2 Å². The molecule has 0 unspecified atom stereocenters. The van der Waals surface area contributed by atoms with Crippen LogP contribution in [-0.2, 0) is 11.3 Å². The molecule has 34 heavy (non-hydrogen) atoms. The molecular weight excluding hydrogens is 437 g/mol. The molecule has 2 N–H and O–H groups in total. The predicted molar refractivity (Wildman–Crippen MR) is 126 cm³/mol. The zero-order valence-electron chi connectivity index (χ0n) is 18.7. The van der Waals surface area contributed by atoms with Crippen molar-refractivity contribution in [2.24, 2.45) is 0 Å². The van der Waals surface area contributed by atoms with E-state index >= 15 is 0 Å². The maximum atomic E-state index is 14.8. The number of hydrogen-bond donors (Lipinski definition) is 2. The van der Waals surface area contributed by atoms with E-state index in [9.17, 15) is 9.18 Å². The molecule has 0 aliphatic carbocycles. The second-order valence-electron chi connectivity index (χ2n) is 8.58. The first-order valence-corrected chi connectivity index (χ1v) is 11.3. The second-order valence-corrected chi connectivity index (χ2v) is 8.58. The van der Waals surface area contributed by atoms with Gasteiger partial charge in [-0.1, -0.05) is 18.2 Å². The van der Waals surface area contributed by atoms with Crippen molar-refractivity contribution in [3.8, 4) is 11.3 Å². The smallest absolute Gasteiger partial charge is 0.335 e. The lowest BCUT2D eigenvalue weighted by atomic mass is 10.1. The van der Waals surface area contributed by atoms with Crippen molar-refractivity contribution in [2.75, 3.05) is 44.7 Å². The number of carbonyl (C=O) groups is 1. The molecule has 3 heterocycles. The van der Waals surface area contributed by atoms with E-state index in [-0.39, 0.29) is 11.4 Å². The number of anilines is 2. The third kappa shape index (κ3) is 5.06. The highest BCUT2D eigenvalue weighted by atomic mass is 19.1. The van der Waals surface area contributed by atoms with Crippen molar-refractivity contribution in [2.45, 2.75) is 12.6 Å². The first-order chi connectivity index (χ1) is 16.5. The number of piperazine rings is 1. The van der Waals surface area contributed by atoms with Crippen LogP contribution in [-0.4, -0.2) is 76.3 Å². The summed E-state index contributed by atoms with van der Waals surface area (Å²) in [6.45, 7) is 6.05. The summed E-state index contributed by atoms with van der Waals surface area (Å²) in [5.74, 6) is -0.906. The number of hydrogen-bond acceptors (Lipinski definition) is 7. The molecular formula is C25H26FN5O3. The molecule has 0 amide bonds. The van der Waals surface area contributed by atoms with E-state index in [4.69, 9.17) is 9.84 Å². The van der Waals surface area contributed by atoms with Gasteiger partial charge in [-0.15, -0.1) is 0 Å². The molecule has 0 atom stereocenters. The molecule has 0 bridgehead atoms. The standard InChI is InChI=1S/C25H26FN5O3/c26-22-13-20(6-5-19(22)14-30-9-11-31(12-10-30)21-15-34-16-21)28-25-27-8-7-23(29-25)17-1-3-18(4-2-17)24(32)33/h1-8,13,21H,9-12,14-16H2,(H,32,33)(H,27,28,29). The number of aromatic nitrogens is 2. The number of nitrogens with one attached hydrogen (secondary N) is 1. The Morgan fingerprint density at radius 3 is 2.50 bits per heavy atom. The van der Waals surface area contributed by atoms with Gasteiger partial charge in [0.05, 0.1) is 30.5 Å². The lowest BCUT2D eigenvalue weighted by Gasteiger charge is -2.42. The van der Waals surface area contributed by atoms with E-state index in [2.05, 4.69) is 25.1 Å². The van der Waals surface area contributed by atoms with Crippen LogP contribution in [0, 0.1) is 5.82 Å². The van der Waals surface area contributed by atoms with Gasteiger partial charge in [0.2, 0.25) is 5.95 Å². The Morgan fingerprint density at radius 2 is 1.85 bits per heavy atom. The summed E-state index contributed by atoms with van der Waals surface area (Å²) < 4.78 is 20.1. The predicted octanol–water partition coefficient (Wildman–Crippen LogP) is 3.24. The molecule has 2 aliphatic heterocycles.